The third kappa shape index (κ3) is 5.93. The molecule has 0 aliphatic carbocycles. The zero-order valence-corrected chi connectivity index (χ0v) is 17.1. The van der Waals surface area contributed by atoms with Crippen LogP contribution in [0.5, 0.6) is 5.75 Å². The van der Waals surface area contributed by atoms with Crippen LogP contribution in [0.4, 0.5) is 0 Å². The van der Waals surface area contributed by atoms with E-state index in [2.05, 4.69) is 31.4 Å². The highest BCUT2D eigenvalue weighted by atomic mass is 79.9. The lowest BCUT2D eigenvalue weighted by molar-refractivity contribution is 0.158. The first-order valence-corrected chi connectivity index (χ1v) is 9.21. The molecule has 7 heteroatoms. The van der Waals surface area contributed by atoms with E-state index in [4.69, 9.17) is 21.8 Å². The summed E-state index contributed by atoms with van der Waals surface area (Å²) in [5, 5.41) is 8.14. The van der Waals surface area contributed by atoms with Crippen molar-refractivity contribution in [1.29, 1.82) is 0 Å². The maximum absolute atomic E-state index is 5.97. The molecule has 0 bridgehead atoms. The van der Waals surface area contributed by atoms with Crippen molar-refractivity contribution in [2.45, 2.75) is 39.3 Å². The van der Waals surface area contributed by atoms with Crippen molar-refractivity contribution in [2.75, 3.05) is 6.61 Å². The predicted octanol–water partition coefficient (Wildman–Crippen LogP) is 4.48. The molecule has 1 heterocycles. The maximum atomic E-state index is 5.97. The Kier molecular flexibility index (Phi) is 6.72. The molecule has 0 aliphatic heterocycles. The molecule has 0 saturated carbocycles. The van der Waals surface area contributed by atoms with Gasteiger partial charge in [-0.1, -0.05) is 17.4 Å². The molecule has 0 spiro atoms. The van der Waals surface area contributed by atoms with Crippen LogP contribution in [-0.2, 0) is 4.84 Å². The predicted molar refractivity (Wildman–Crippen MR) is 109 cm³/mol. The monoisotopic (exact) mass is 423 g/mol. The summed E-state index contributed by atoms with van der Waals surface area (Å²) < 4.78 is 6.90. The van der Waals surface area contributed by atoms with Crippen molar-refractivity contribution >= 4 is 50.3 Å². The molecule has 1 aromatic heterocycles. The summed E-state index contributed by atoms with van der Waals surface area (Å²) >= 11 is 8.89. The van der Waals surface area contributed by atoms with E-state index in [0.29, 0.717) is 11.6 Å². The first kappa shape index (κ1) is 19.6. The van der Waals surface area contributed by atoms with Gasteiger partial charge < -0.3 is 14.9 Å². The summed E-state index contributed by atoms with van der Waals surface area (Å²) in [6, 6.07) is 7.78. The topological polar surface area (TPSA) is 55.7 Å². The molecule has 0 fully saturated rings. The van der Waals surface area contributed by atoms with Gasteiger partial charge in [-0.15, -0.1) is 0 Å². The third-order valence-corrected chi connectivity index (χ3v) is 4.19. The van der Waals surface area contributed by atoms with E-state index in [1.807, 2.05) is 52.0 Å². The zero-order valence-electron chi connectivity index (χ0n) is 14.7. The van der Waals surface area contributed by atoms with Crippen molar-refractivity contribution in [2.24, 2.45) is 5.16 Å². The molecular weight excluding hydrogens is 402 g/mol. The number of nitrogens with zero attached hydrogens (tertiary/aromatic N) is 2. The molecule has 1 aromatic carbocycles. The van der Waals surface area contributed by atoms with Gasteiger partial charge in [0.25, 0.3) is 0 Å². The van der Waals surface area contributed by atoms with Gasteiger partial charge in [0, 0.05) is 16.1 Å². The molecule has 5 nitrogen and oxygen atoms in total. The van der Waals surface area contributed by atoms with E-state index >= 15 is 0 Å². The second-order valence-electron chi connectivity index (χ2n) is 6.13. The molecule has 2 rings (SSSR count). The quantitative estimate of drug-likeness (QED) is 0.404. The highest BCUT2D eigenvalue weighted by molar-refractivity contribution is 9.10. The van der Waals surface area contributed by atoms with Gasteiger partial charge >= 0.3 is 0 Å². The average molecular weight is 424 g/mol. The Morgan fingerprint density at radius 3 is 2.92 bits per heavy atom. The molecule has 0 radical (unpaired) electrons. The molecule has 0 aliphatic rings. The van der Waals surface area contributed by atoms with Crippen LogP contribution in [-0.4, -0.2) is 34.4 Å². The summed E-state index contributed by atoms with van der Waals surface area (Å²) in [5.74, 6) is 0.741. The second-order valence-corrected chi connectivity index (χ2v) is 7.49. The van der Waals surface area contributed by atoms with Crippen LogP contribution < -0.4 is 10.1 Å². The highest BCUT2D eigenvalue weighted by Crippen LogP contribution is 2.23. The van der Waals surface area contributed by atoms with Crippen LogP contribution >= 0.6 is 28.1 Å². The maximum Gasteiger partial charge on any atom is 0.146 e. The number of ether oxygens (including phenoxy) is 1. The van der Waals surface area contributed by atoms with Gasteiger partial charge in [-0.25, -0.2) is 0 Å². The normalized spacial score (nSPS) is 13.0. The largest absolute Gasteiger partial charge is 0.484 e. The third-order valence-electron chi connectivity index (χ3n) is 3.33. The summed E-state index contributed by atoms with van der Waals surface area (Å²) in [7, 11) is 0. The number of oxime groups is 1. The Bertz CT molecular complexity index is 780. The van der Waals surface area contributed by atoms with E-state index in [-0.39, 0.29) is 6.10 Å². The SMILES string of the molecule is CCON=CC(C)(C)NC(=S)C(C)Oc1ccc2ncc(Br)cc2c1. The van der Waals surface area contributed by atoms with E-state index in [0.717, 1.165) is 21.1 Å². The smallest absolute Gasteiger partial charge is 0.146 e. The average Bonchev–Trinajstić information content (AvgIpc) is 2.54. The Labute approximate surface area is 161 Å². The van der Waals surface area contributed by atoms with Crippen molar-refractivity contribution < 1.29 is 9.57 Å². The van der Waals surface area contributed by atoms with Gasteiger partial charge in [0.15, 0.2) is 0 Å². The fourth-order valence-corrected chi connectivity index (χ4v) is 2.77. The van der Waals surface area contributed by atoms with Gasteiger partial charge in [-0.05, 0) is 67.9 Å². The van der Waals surface area contributed by atoms with Crippen LogP contribution in [0.1, 0.15) is 27.7 Å². The number of halogens is 1. The fraction of sp³-hybridized carbons (Fsp3) is 0.389. The molecule has 0 saturated heterocycles. The number of rotatable bonds is 7. The van der Waals surface area contributed by atoms with Crippen LogP contribution in [0.2, 0.25) is 0 Å². The van der Waals surface area contributed by atoms with Crippen molar-refractivity contribution in [3.8, 4) is 5.75 Å². The van der Waals surface area contributed by atoms with Gasteiger partial charge in [0.2, 0.25) is 0 Å². The number of thiocarbonyl (C=S) groups is 1. The molecule has 1 atom stereocenters. The van der Waals surface area contributed by atoms with Crippen LogP contribution in [0.3, 0.4) is 0 Å². The lowest BCUT2D eigenvalue weighted by atomic mass is 10.1. The molecule has 1 unspecified atom stereocenters. The molecule has 2 aromatic rings. The van der Waals surface area contributed by atoms with E-state index in [1.165, 1.54) is 0 Å². The van der Waals surface area contributed by atoms with E-state index in [9.17, 15) is 0 Å². The van der Waals surface area contributed by atoms with Crippen LogP contribution in [0.15, 0.2) is 40.1 Å². The van der Waals surface area contributed by atoms with E-state index in [1.54, 1.807) is 12.4 Å². The minimum Gasteiger partial charge on any atom is -0.484 e. The minimum atomic E-state index is -0.429. The summed E-state index contributed by atoms with van der Waals surface area (Å²) in [4.78, 5) is 9.95. The first-order valence-electron chi connectivity index (χ1n) is 8.01. The minimum absolute atomic E-state index is 0.285. The summed E-state index contributed by atoms with van der Waals surface area (Å²) in [6.07, 6.45) is 3.18. The fourth-order valence-electron chi connectivity index (χ4n) is 2.11. The highest BCUT2D eigenvalue weighted by Gasteiger charge is 2.20. The van der Waals surface area contributed by atoms with Gasteiger partial charge in [0.05, 0.1) is 17.3 Å². The van der Waals surface area contributed by atoms with Gasteiger partial charge in [-0.3, -0.25) is 4.98 Å². The first-order chi connectivity index (χ1) is 11.8. The van der Waals surface area contributed by atoms with Crippen molar-refractivity contribution in [1.82, 2.24) is 10.3 Å². The standard InChI is InChI=1S/C18H22BrN3O2S/c1-5-23-21-11-18(3,4)22-17(25)12(2)24-15-6-7-16-13(9-15)8-14(19)10-20-16/h6-12H,5H2,1-4H3,(H,22,25). The Hall–Kier alpha value is -1.73. The van der Waals surface area contributed by atoms with Crippen LogP contribution in [0, 0.1) is 0 Å². The Morgan fingerprint density at radius 2 is 2.20 bits per heavy atom. The van der Waals surface area contributed by atoms with Crippen molar-refractivity contribution in [3.63, 3.8) is 0 Å². The number of nitrogens with one attached hydrogen (secondary N) is 1. The van der Waals surface area contributed by atoms with Crippen molar-refractivity contribution in [3.05, 3.63) is 34.9 Å². The molecule has 134 valence electrons. The lowest BCUT2D eigenvalue weighted by Crippen LogP contribution is -2.48. The summed E-state index contributed by atoms with van der Waals surface area (Å²) in [6.45, 7) is 8.26. The number of hydrogen-bond donors (Lipinski definition) is 1. The zero-order chi connectivity index (χ0) is 18.4. The number of benzene rings is 1. The molecule has 1 N–H and O–H groups in total. The second kappa shape index (κ2) is 8.58. The molecule has 25 heavy (non-hydrogen) atoms. The Morgan fingerprint density at radius 1 is 1.44 bits per heavy atom. The Balaban J connectivity index is 2.03. The lowest BCUT2D eigenvalue weighted by Gasteiger charge is -2.26. The number of aromatic nitrogens is 1. The van der Waals surface area contributed by atoms with Gasteiger partial charge in [0.1, 0.15) is 23.4 Å². The van der Waals surface area contributed by atoms with Gasteiger partial charge in [-0.2, -0.15) is 0 Å². The summed E-state index contributed by atoms with van der Waals surface area (Å²) in [5.41, 5.74) is 0.486. The number of pyridine rings is 1. The molecular formula is C18H22BrN3O2S. The van der Waals surface area contributed by atoms with E-state index < -0.39 is 5.54 Å². The number of fused-ring (bicyclic) bond motifs is 1. The number of hydrogen-bond acceptors (Lipinski definition) is 5. The molecule has 0 amide bonds. The van der Waals surface area contributed by atoms with Crippen LogP contribution in [0.25, 0.3) is 10.9 Å².